The van der Waals surface area contributed by atoms with Crippen LogP contribution < -0.4 is 0 Å². The Labute approximate surface area is 188 Å². The summed E-state index contributed by atoms with van der Waals surface area (Å²) >= 11 is 0. The van der Waals surface area contributed by atoms with Crippen LogP contribution in [0.1, 0.15) is 53.9 Å². The Hall–Kier alpha value is -2.36. The Bertz CT molecular complexity index is 927. The van der Waals surface area contributed by atoms with Crippen molar-refractivity contribution in [3.05, 3.63) is 76.4 Å². The van der Waals surface area contributed by atoms with Crippen LogP contribution >= 0.6 is 0 Å². The lowest BCUT2D eigenvalue weighted by atomic mass is 9.98. The first-order chi connectivity index (χ1) is 15.6. The molecule has 2 aromatic rings. The van der Waals surface area contributed by atoms with Crippen molar-refractivity contribution in [2.45, 2.75) is 45.0 Å². The second kappa shape index (κ2) is 10.7. The van der Waals surface area contributed by atoms with E-state index in [9.17, 15) is 26.3 Å². The summed E-state index contributed by atoms with van der Waals surface area (Å²) in [5.41, 5.74) is -0.603. The number of allylic oxidation sites excluding steroid dienone is 1. The van der Waals surface area contributed by atoms with Gasteiger partial charge in [-0.1, -0.05) is 37.3 Å². The van der Waals surface area contributed by atoms with Gasteiger partial charge in [0.2, 0.25) is 0 Å². The minimum atomic E-state index is -4.90. The molecule has 0 atom stereocenters. The lowest BCUT2D eigenvalue weighted by Crippen LogP contribution is -2.19. The molecule has 0 unspecified atom stereocenters. The molecule has 0 saturated carbocycles. The van der Waals surface area contributed by atoms with E-state index in [1.165, 1.54) is 0 Å². The van der Waals surface area contributed by atoms with Crippen LogP contribution in [0.15, 0.2) is 48.5 Å². The monoisotopic (exact) mass is 474 g/mol. The van der Waals surface area contributed by atoms with Gasteiger partial charge < -0.3 is 14.2 Å². The molecule has 0 N–H and O–H groups in total. The number of alkyl halides is 6. The predicted molar refractivity (Wildman–Crippen MR) is 110 cm³/mol. The molecule has 0 amide bonds. The highest BCUT2D eigenvalue weighted by atomic mass is 19.4. The summed E-state index contributed by atoms with van der Waals surface area (Å²) in [6.45, 7) is 2.61. The van der Waals surface area contributed by atoms with E-state index in [1.807, 2.05) is 37.3 Å². The molecule has 3 nitrogen and oxygen atoms in total. The normalized spacial score (nSPS) is 16.3. The van der Waals surface area contributed by atoms with Crippen LogP contribution in [0.4, 0.5) is 26.3 Å². The van der Waals surface area contributed by atoms with E-state index in [0.29, 0.717) is 31.8 Å². The summed E-state index contributed by atoms with van der Waals surface area (Å²) in [5.74, 6) is 0. The van der Waals surface area contributed by atoms with Gasteiger partial charge in [0.1, 0.15) is 0 Å². The zero-order valence-corrected chi connectivity index (χ0v) is 17.9. The summed E-state index contributed by atoms with van der Waals surface area (Å²) in [6, 6.07) is 8.84. The molecule has 1 saturated heterocycles. The van der Waals surface area contributed by atoms with Crippen molar-refractivity contribution in [3.8, 4) is 0 Å². The van der Waals surface area contributed by atoms with Crippen molar-refractivity contribution in [1.29, 1.82) is 0 Å². The number of hydrogen-bond acceptors (Lipinski definition) is 3. The Morgan fingerprint density at radius 2 is 1.58 bits per heavy atom. The summed E-state index contributed by atoms with van der Waals surface area (Å²) in [4.78, 5) is 0. The quantitative estimate of drug-likeness (QED) is 0.398. The van der Waals surface area contributed by atoms with Crippen LogP contribution in [0.25, 0.3) is 5.57 Å². The molecule has 0 bridgehead atoms. The molecule has 3 rings (SSSR count). The lowest BCUT2D eigenvalue weighted by Gasteiger charge is -2.26. The Kier molecular flexibility index (Phi) is 8.20. The standard InChI is InChI=1S/C24H24F6O3/c1-2-6-17(20-7-3-4-8-21(20)22-32-9-5-10-33-22)15-31-14-16-11-18(23(25,26)27)13-19(12-16)24(28,29)30/h3-4,6-8,11-13,22H,2,5,9-10,14-15H2,1H3/b17-6+. The van der Waals surface area contributed by atoms with Gasteiger partial charge in [0.25, 0.3) is 0 Å². The van der Waals surface area contributed by atoms with Gasteiger partial charge in [-0.05, 0) is 47.7 Å². The van der Waals surface area contributed by atoms with Crippen molar-refractivity contribution in [2.75, 3.05) is 19.8 Å². The maximum absolute atomic E-state index is 13.1. The lowest BCUT2D eigenvalue weighted by molar-refractivity contribution is -0.183. The number of hydrogen-bond donors (Lipinski definition) is 0. The van der Waals surface area contributed by atoms with E-state index in [2.05, 4.69) is 0 Å². The number of halogens is 6. The first-order valence-electron chi connectivity index (χ1n) is 10.5. The van der Waals surface area contributed by atoms with E-state index in [0.717, 1.165) is 23.1 Å². The summed E-state index contributed by atoms with van der Waals surface area (Å²) in [7, 11) is 0. The SMILES string of the molecule is CC/C=C(\COCc1cc(C(F)(F)F)cc(C(F)(F)F)c1)c1ccccc1C1OCCCO1. The molecule has 0 spiro atoms. The van der Waals surface area contributed by atoms with Crippen molar-refractivity contribution >= 4 is 5.57 Å². The summed E-state index contributed by atoms with van der Waals surface area (Å²) in [5, 5.41) is 0. The molecule has 9 heteroatoms. The molecule has 0 aliphatic carbocycles. The third-order valence-electron chi connectivity index (χ3n) is 5.01. The largest absolute Gasteiger partial charge is 0.416 e. The second-order valence-corrected chi connectivity index (χ2v) is 7.56. The zero-order valence-electron chi connectivity index (χ0n) is 17.9. The first kappa shape index (κ1) is 25.3. The number of rotatable bonds is 7. The molecule has 33 heavy (non-hydrogen) atoms. The smallest absolute Gasteiger partial charge is 0.372 e. The third-order valence-corrected chi connectivity index (χ3v) is 5.01. The van der Waals surface area contributed by atoms with Gasteiger partial charge in [-0.3, -0.25) is 0 Å². The van der Waals surface area contributed by atoms with Crippen LogP contribution in [-0.2, 0) is 33.2 Å². The van der Waals surface area contributed by atoms with Gasteiger partial charge >= 0.3 is 12.4 Å². The van der Waals surface area contributed by atoms with Gasteiger partial charge in [-0.25, -0.2) is 0 Å². The van der Waals surface area contributed by atoms with Gasteiger partial charge in [0, 0.05) is 5.56 Å². The third kappa shape index (κ3) is 6.82. The zero-order chi connectivity index (χ0) is 24.1. The van der Waals surface area contributed by atoms with Crippen molar-refractivity contribution in [1.82, 2.24) is 0 Å². The molecule has 0 radical (unpaired) electrons. The van der Waals surface area contributed by atoms with Crippen LogP contribution in [-0.4, -0.2) is 19.8 Å². The molecular formula is C24H24F6O3. The summed E-state index contributed by atoms with van der Waals surface area (Å²) in [6.07, 6.45) is -7.01. The fraction of sp³-hybridized carbons (Fsp3) is 0.417. The highest BCUT2D eigenvalue weighted by molar-refractivity contribution is 5.69. The van der Waals surface area contributed by atoms with Gasteiger partial charge in [-0.2, -0.15) is 26.3 Å². The minimum Gasteiger partial charge on any atom is -0.372 e. The molecule has 1 aliphatic rings. The fourth-order valence-corrected chi connectivity index (χ4v) is 3.54. The molecule has 2 aromatic carbocycles. The average Bonchev–Trinajstić information content (AvgIpc) is 2.78. The van der Waals surface area contributed by atoms with Crippen molar-refractivity contribution < 1.29 is 40.6 Å². The predicted octanol–water partition coefficient (Wildman–Crippen LogP) is 7.17. The van der Waals surface area contributed by atoms with Crippen molar-refractivity contribution in [2.24, 2.45) is 0 Å². The Morgan fingerprint density at radius 3 is 2.15 bits per heavy atom. The second-order valence-electron chi connectivity index (χ2n) is 7.56. The number of ether oxygens (including phenoxy) is 3. The molecular weight excluding hydrogens is 450 g/mol. The molecule has 1 heterocycles. The Morgan fingerprint density at radius 1 is 0.970 bits per heavy atom. The van der Waals surface area contributed by atoms with Crippen LogP contribution in [0.5, 0.6) is 0 Å². The van der Waals surface area contributed by atoms with Crippen LogP contribution in [0.2, 0.25) is 0 Å². The fourth-order valence-electron chi connectivity index (χ4n) is 3.54. The Balaban J connectivity index is 1.80. The first-order valence-corrected chi connectivity index (χ1v) is 10.5. The van der Waals surface area contributed by atoms with E-state index >= 15 is 0 Å². The van der Waals surface area contributed by atoms with E-state index in [-0.39, 0.29) is 18.2 Å². The molecule has 0 aromatic heterocycles. The van der Waals surface area contributed by atoms with Crippen LogP contribution in [0, 0.1) is 0 Å². The minimum absolute atomic E-state index is 0.00479. The van der Waals surface area contributed by atoms with E-state index in [4.69, 9.17) is 14.2 Å². The van der Waals surface area contributed by atoms with Gasteiger partial charge in [0.15, 0.2) is 6.29 Å². The highest BCUT2D eigenvalue weighted by Gasteiger charge is 2.36. The van der Waals surface area contributed by atoms with E-state index < -0.39 is 36.4 Å². The van der Waals surface area contributed by atoms with Crippen molar-refractivity contribution in [3.63, 3.8) is 0 Å². The van der Waals surface area contributed by atoms with Crippen LogP contribution in [0.3, 0.4) is 0 Å². The highest BCUT2D eigenvalue weighted by Crippen LogP contribution is 2.37. The molecule has 1 aliphatic heterocycles. The number of benzene rings is 2. The topological polar surface area (TPSA) is 27.7 Å². The van der Waals surface area contributed by atoms with E-state index in [1.54, 1.807) is 0 Å². The summed E-state index contributed by atoms with van der Waals surface area (Å²) < 4.78 is 95.5. The maximum atomic E-state index is 13.1. The van der Waals surface area contributed by atoms with Gasteiger partial charge in [-0.15, -0.1) is 0 Å². The maximum Gasteiger partial charge on any atom is 0.416 e. The molecule has 180 valence electrons. The average molecular weight is 474 g/mol. The molecule has 1 fully saturated rings. The van der Waals surface area contributed by atoms with Gasteiger partial charge in [0.05, 0.1) is 37.6 Å².